The van der Waals surface area contributed by atoms with Gasteiger partial charge in [0.15, 0.2) is 0 Å². The van der Waals surface area contributed by atoms with Crippen molar-refractivity contribution in [2.75, 3.05) is 12.3 Å². The molecule has 0 atom stereocenters. The Bertz CT molecular complexity index is 1140. The molecule has 0 fully saturated rings. The summed E-state index contributed by atoms with van der Waals surface area (Å²) in [5, 5.41) is 11.6. The predicted octanol–water partition coefficient (Wildman–Crippen LogP) is 5.04. The van der Waals surface area contributed by atoms with Gasteiger partial charge in [0.25, 0.3) is 5.91 Å². The lowest BCUT2D eigenvalue weighted by molar-refractivity contribution is 0.0954. The molecule has 5 nitrogen and oxygen atoms in total. The Morgan fingerprint density at radius 2 is 1.90 bits per heavy atom. The van der Waals surface area contributed by atoms with E-state index in [1.54, 1.807) is 18.0 Å². The highest BCUT2D eigenvalue weighted by molar-refractivity contribution is 7.99. The van der Waals surface area contributed by atoms with Crippen molar-refractivity contribution in [2.45, 2.75) is 11.3 Å². The molecule has 0 bridgehead atoms. The van der Waals surface area contributed by atoms with Crippen LogP contribution < -0.4 is 5.32 Å². The Morgan fingerprint density at radius 3 is 2.73 bits per heavy atom. The Balaban J connectivity index is 1.28. The van der Waals surface area contributed by atoms with Crippen LogP contribution in [0.15, 0.2) is 77.8 Å². The standard InChI is InChI=1S/C24H22N4OS/c29-24(18-7-2-1-3-8-18)26-15-6-16-30-20-11-12-21-22(27-28-23(21)17-20)13-10-19-9-4-5-14-25-19/h1-5,7-14,17H,6,15-16H2,(H,26,29)(H,27,28). The molecule has 1 amide bonds. The van der Waals surface area contributed by atoms with Crippen LogP contribution in [-0.2, 0) is 0 Å². The Kier molecular flexibility index (Phi) is 6.57. The quantitative estimate of drug-likeness (QED) is 0.313. The summed E-state index contributed by atoms with van der Waals surface area (Å²) < 4.78 is 0. The van der Waals surface area contributed by atoms with Gasteiger partial charge in [-0.3, -0.25) is 14.9 Å². The number of hydrogen-bond acceptors (Lipinski definition) is 4. The maximum atomic E-state index is 12.0. The van der Waals surface area contributed by atoms with Gasteiger partial charge in [-0.2, -0.15) is 5.10 Å². The van der Waals surface area contributed by atoms with Crippen LogP contribution in [0, 0.1) is 0 Å². The molecule has 2 heterocycles. The maximum absolute atomic E-state index is 12.0. The zero-order chi connectivity index (χ0) is 20.6. The molecule has 0 saturated carbocycles. The fourth-order valence-electron chi connectivity index (χ4n) is 3.03. The van der Waals surface area contributed by atoms with Crippen LogP contribution in [0.3, 0.4) is 0 Å². The third-order valence-corrected chi connectivity index (χ3v) is 5.65. The van der Waals surface area contributed by atoms with Crippen molar-refractivity contribution in [3.8, 4) is 0 Å². The minimum absolute atomic E-state index is 0.0224. The number of nitrogens with zero attached hydrogens (tertiary/aromatic N) is 2. The van der Waals surface area contributed by atoms with E-state index in [0.717, 1.165) is 34.5 Å². The molecule has 6 heteroatoms. The third-order valence-electron chi connectivity index (χ3n) is 4.57. The van der Waals surface area contributed by atoms with Gasteiger partial charge in [-0.25, -0.2) is 0 Å². The van der Waals surface area contributed by atoms with Crippen LogP contribution in [0.25, 0.3) is 23.1 Å². The number of carbonyl (C=O) groups is 1. The van der Waals surface area contributed by atoms with Gasteiger partial charge in [-0.15, -0.1) is 11.8 Å². The first kappa shape index (κ1) is 19.9. The number of aromatic nitrogens is 3. The van der Waals surface area contributed by atoms with Gasteiger partial charge < -0.3 is 5.32 Å². The predicted molar refractivity (Wildman–Crippen MR) is 123 cm³/mol. The van der Waals surface area contributed by atoms with E-state index in [1.807, 2.05) is 60.7 Å². The highest BCUT2D eigenvalue weighted by Crippen LogP contribution is 2.25. The van der Waals surface area contributed by atoms with Gasteiger partial charge in [0, 0.05) is 28.6 Å². The van der Waals surface area contributed by atoms with Crippen molar-refractivity contribution in [1.29, 1.82) is 0 Å². The first-order valence-corrected chi connectivity index (χ1v) is 10.8. The number of rotatable bonds is 8. The van der Waals surface area contributed by atoms with E-state index in [-0.39, 0.29) is 5.91 Å². The minimum Gasteiger partial charge on any atom is -0.352 e. The second-order valence-corrected chi connectivity index (χ2v) is 7.90. The molecule has 2 N–H and O–H groups in total. The van der Waals surface area contributed by atoms with Crippen molar-refractivity contribution in [2.24, 2.45) is 0 Å². The monoisotopic (exact) mass is 414 g/mol. The summed E-state index contributed by atoms with van der Waals surface area (Å²) in [4.78, 5) is 17.5. The number of aromatic amines is 1. The fraction of sp³-hybridized carbons (Fsp3) is 0.125. The van der Waals surface area contributed by atoms with Crippen LogP contribution in [0.5, 0.6) is 0 Å². The van der Waals surface area contributed by atoms with E-state index < -0.39 is 0 Å². The van der Waals surface area contributed by atoms with E-state index in [4.69, 9.17) is 0 Å². The summed E-state index contributed by atoms with van der Waals surface area (Å²) in [6.45, 7) is 0.662. The highest BCUT2D eigenvalue weighted by atomic mass is 32.2. The zero-order valence-electron chi connectivity index (χ0n) is 16.4. The lowest BCUT2D eigenvalue weighted by atomic mass is 10.2. The summed E-state index contributed by atoms with van der Waals surface area (Å²) in [5.74, 6) is 0.909. The molecule has 4 rings (SSSR count). The van der Waals surface area contributed by atoms with Crippen molar-refractivity contribution >= 4 is 40.7 Å². The molecule has 30 heavy (non-hydrogen) atoms. The van der Waals surface area contributed by atoms with Crippen LogP contribution >= 0.6 is 11.8 Å². The summed E-state index contributed by atoms with van der Waals surface area (Å²) >= 11 is 1.78. The number of carbonyl (C=O) groups excluding carboxylic acids is 1. The molecule has 0 aliphatic heterocycles. The van der Waals surface area contributed by atoms with Gasteiger partial charge in [-0.05, 0) is 66.8 Å². The lowest BCUT2D eigenvalue weighted by Gasteiger charge is -2.05. The molecule has 0 saturated heterocycles. The molecule has 0 aliphatic carbocycles. The Labute approximate surface area is 179 Å². The number of benzene rings is 2. The van der Waals surface area contributed by atoms with Crippen LogP contribution in [0.2, 0.25) is 0 Å². The van der Waals surface area contributed by atoms with Crippen molar-refractivity contribution in [3.63, 3.8) is 0 Å². The SMILES string of the molecule is O=C(NCCCSc1ccc2c(C=Cc3ccccn3)n[nH]c2c1)c1ccccc1. The average Bonchev–Trinajstić information content (AvgIpc) is 3.21. The van der Waals surface area contributed by atoms with E-state index in [0.29, 0.717) is 12.1 Å². The molecule has 0 aliphatic rings. The number of thioether (sulfide) groups is 1. The smallest absolute Gasteiger partial charge is 0.251 e. The Hall–Kier alpha value is -3.38. The van der Waals surface area contributed by atoms with E-state index in [1.165, 1.54) is 4.90 Å². The molecule has 0 radical (unpaired) electrons. The molecule has 0 spiro atoms. The summed E-state index contributed by atoms with van der Waals surface area (Å²) in [6, 6.07) is 21.4. The molecule has 4 aromatic rings. The highest BCUT2D eigenvalue weighted by Gasteiger charge is 2.06. The second kappa shape index (κ2) is 9.89. The molecule has 2 aromatic carbocycles. The zero-order valence-corrected chi connectivity index (χ0v) is 17.2. The number of nitrogens with one attached hydrogen (secondary N) is 2. The van der Waals surface area contributed by atoms with Gasteiger partial charge >= 0.3 is 0 Å². The van der Waals surface area contributed by atoms with E-state index in [9.17, 15) is 4.79 Å². The van der Waals surface area contributed by atoms with Crippen LogP contribution in [0.1, 0.15) is 28.2 Å². The summed E-state index contributed by atoms with van der Waals surface area (Å²) in [7, 11) is 0. The number of amides is 1. The van der Waals surface area contributed by atoms with Gasteiger partial charge in [-0.1, -0.05) is 24.3 Å². The van der Waals surface area contributed by atoms with Gasteiger partial charge in [0.1, 0.15) is 0 Å². The topological polar surface area (TPSA) is 70.7 Å². The second-order valence-electron chi connectivity index (χ2n) is 6.73. The number of pyridine rings is 1. The number of hydrogen-bond donors (Lipinski definition) is 2. The fourth-order valence-corrected chi connectivity index (χ4v) is 3.92. The molecule has 0 unspecified atom stereocenters. The maximum Gasteiger partial charge on any atom is 0.251 e. The van der Waals surface area contributed by atoms with Crippen LogP contribution in [-0.4, -0.2) is 33.4 Å². The first-order valence-electron chi connectivity index (χ1n) is 9.83. The lowest BCUT2D eigenvalue weighted by Crippen LogP contribution is -2.24. The average molecular weight is 415 g/mol. The summed E-state index contributed by atoms with van der Waals surface area (Å²) in [6.07, 6.45) is 6.62. The van der Waals surface area contributed by atoms with Gasteiger partial charge in [0.05, 0.1) is 16.9 Å². The largest absolute Gasteiger partial charge is 0.352 e. The van der Waals surface area contributed by atoms with E-state index in [2.05, 4.69) is 38.7 Å². The summed E-state index contributed by atoms with van der Waals surface area (Å²) in [5.41, 5.74) is 3.51. The van der Waals surface area contributed by atoms with Gasteiger partial charge in [0.2, 0.25) is 0 Å². The van der Waals surface area contributed by atoms with Crippen molar-refractivity contribution < 1.29 is 4.79 Å². The van der Waals surface area contributed by atoms with Crippen molar-refractivity contribution in [1.82, 2.24) is 20.5 Å². The normalized spacial score (nSPS) is 11.2. The first-order chi connectivity index (χ1) is 14.8. The van der Waals surface area contributed by atoms with Crippen molar-refractivity contribution in [3.05, 3.63) is 89.9 Å². The number of fused-ring (bicyclic) bond motifs is 1. The molecule has 150 valence electrons. The molecule has 2 aromatic heterocycles. The molecular formula is C24H22N4OS. The van der Waals surface area contributed by atoms with Crippen LogP contribution in [0.4, 0.5) is 0 Å². The molecular weight excluding hydrogens is 392 g/mol. The minimum atomic E-state index is -0.0224. The van der Waals surface area contributed by atoms with E-state index >= 15 is 0 Å². The third kappa shape index (κ3) is 5.15. The Morgan fingerprint density at radius 1 is 1.03 bits per heavy atom. The number of H-pyrrole nitrogens is 1.